The molecule has 16 fully saturated rings. The molecule has 0 saturated heterocycles. The Morgan fingerprint density at radius 3 is 0.906 bits per heavy atom. The fraction of sp³-hybridized carbons (Fsp3) is 0.948. The van der Waals surface area contributed by atoms with Crippen LogP contribution in [0.15, 0.2) is 0 Å². The lowest BCUT2D eigenvalue weighted by Gasteiger charge is -2.64. The van der Waals surface area contributed by atoms with Crippen LogP contribution in [0.5, 0.6) is 0 Å². The summed E-state index contributed by atoms with van der Waals surface area (Å²) < 4.78 is 0. The second-order valence-electron chi connectivity index (χ2n) is 36.7. The molecule has 0 aromatic carbocycles. The third-order valence-corrected chi connectivity index (χ3v) is 34.1. The molecule has 0 amide bonds. The van der Waals surface area contributed by atoms with Gasteiger partial charge in [-0.25, -0.2) is 0 Å². The van der Waals surface area contributed by atoms with E-state index in [1.165, 1.54) is 103 Å². The van der Waals surface area contributed by atoms with Gasteiger partial charge >= 0.3 is 0 Å². The summed E-state index contributed by atoms with van der Waals surface area (Å²) in [5.74, 6) is 13.3. The van der Waals surface area contributed by atoms with Crippen LogP contribution in [0.25, 0.3) is 0 Å². The molecule has 0 aromatic rings. The standard InChI is InChI=1S/C20H32O2.3C19H30O2/c1-18-9-7-14-15-4-5-17(22)19(15,2)10-8-16(14)20(18,3)11-6-13(21)12-18;3*1-18-9-7-13(20)11-12(18)3-4-14-15-5-6-17(21)19(15,2)10-8-16(14)18/h13-16,21H,4-12H2,1-3H3;3*12-16,20H,3-11H2,1-2H3/t13-,14+,15+,16+,18+,19+,20-;12-,13+,14+,15+,16+,18+,19+;12-,13-,14+,15+,16+,18+,19+;12-,13-,14-,15-,16-,18-,19-/m1110/s1. The largest absolute Gasteiger partial charge is 0.393 e. The minimum absolute atomic E-state index is 0.000547. The van der Waals surface area contributed by atoms with Crippen LogP contribution in [0.2, 0.25) is 0 Å². The molecule has 0 heterocycles. The highest BCUT2D eigenvalue weighted by molar-refractivity contribution is 5.88. The molecule has 16 aliphatic carbocycles. The predicted octanol–water partition coefficient (Wildman–Crippen LogP) is 16.2. The molecule has 28 atom stereocenters. The van der Waals surface area contributed by atoms with Crippen molar-refractivity contribution in [3.05, 3.63) is 0 Å². The van der Waals surface area contributed by atoms with Crippen molar-refractivity contribution < 1.29 is 39.6 Å². The second kappa shape index (κ2) is 22.1. The van der Waals surface area contributed by atoms with Crippen molar-refractivity contribution in [1.29, 1.82) is 0 Å². The van der Waals surface area contributed by atoms with Crippen molar-refractivity contribution in [2.75, 3.05) is 0 Å². The van der Waals surface area contributed by atoms with Gasteiger partial charge in [-0.2, -0.15) is 0 Å². The highest BCUT2D eigenvalue weighted by Gasteiger charge is 2.66. The molecule has 0 aliphatic heterocycles. The Kier molecular flexibility index (Phi) is 16.2. The van der Waals surface area contributed by atoms with Gasteiger partial charge in [0.2, 0.25) is 0 Å². The number of carbonyl (C=O) groups is 4. The van der Waals surface area contributed by atoms with Crippen LogP contribution in [0.1, 0.15) is 293 Å². The van der Waals surface area contributed by atoms with Gasteiger partial charge < -0.3 is 20.4 Å². The van der Waals surface area contributed by atoms with Gasteiger partial charge in [0.05, 0.1) is 24.4 Å². The Morgan fingerprint density at radius 2 is 0.576 bits per heavy atom. The Hall–Kier alpha value is -1.48. The number of ketones is 4. The van der Waals surface area contributed by atoms with E-state index in [1.54, 1.807) is 0 Å². The van der Waals surface area contributed by atoms with Crippen molar-refractivity contribution in [2.45, 2.75) is 318 Å². The van der Waals surface area contributed by atoms with Gasteiger partial charge in [0, 0.05) is 47.3 Å². The molecule has 8 heteroatoms. The van der Waals surface area contributed by atoms with Gasteiger partial charge in [0.25, 0.3) is 0 Å². The number of aliphatic hydroxyl groups excluding tert-OH is 4. The fourth-order valence-electron chi connectivity index (χ4n) is 28.4. The molecule has 8 nitrogen and oxygen atoms in total. The van der Waals surface area contributed by atoms with Crippen molar-refractivity contribution >= 4 is 23.1 Å². The first-order chi connectivity index (χ1) is 40.1. The van der Waals surface area contributed by atoms with Crippen LogP contribution >= 0.6 is 0 Å². The molecule has 4 N–H and O–H groups in total. The smallest absolute Gasteiger partial charge is 0.139 e. The maximum absolute atomic E-state index is 12.4. The van der Waals surface area contributed by atoms with Crippen molar-refractivity contribution in [1.82, 2.24) is 0 Å². The molecule has 85 heavy (non-hydrogen) atoms. The normalized spacial score (nSPS) is 56.9. The maximum Gasteiger partial charge on any atom is 0.139 e. The van der Waals surface area contributed by atoms with E-state index in [4.69, 9.17) is 0 Å². The first-order valence-corrected chi connectivity index (χ1v) is 37.0. The number of carbonyl (C=O) groups excluding carboxylic acids is 4. The fourth-order valence-corrected chi connectivity index (χ4v) is 28.4. The van der Waals surface area contributed by atoms with Crippen LogP contribution < -0.4 is 0 Å². The summed E-state index contributed by atoms with van der Waals surface area (Å²) in [6.07, 6.45) is 40.4. The second-order valence-corrected chi connectivity index (χ2v) is 36.7. The number of aliphatic hydroxyl groups is 4. The van der Waals surface area contributed by atoms with Crippen LogP contribution in [0.4, 0.5) is 0 Å². The zero-order valence-corrected chi connectivity index (χ0v) is 55.3. The Morgan fingerprint density at radius 1 is 0.282 bits per heavy atom. The molecule has 0 bridgehead atoms. The predicted molar refractivity (Wildman–Crippen MR) is 336 cm³/mol. The average Bonchev–Trinajstić information content (AvgIpc) is 1.83. The van der Waals surface area contributed by atoms with E-state index in [-0.39, 0.29) is 46.1 Å². The van der Waals surface area contributed by atoms with Gasteiger partial charge in [-0.3, -0.25) is 19.2 Å². The molecular formula is C77H122O8. The van der Waals surface area contributed by atoms with Crippen LogP contribution in [0, 0.1) is 138 Å². The van der Waals surface area contributed by atoms with Gasteiger partial charge in [-0.05, 0) is 321 Å². The van der Waals surface area contributed by atoms with Gasteiger partial charge in [0.1, 0.15) is 23.1 Å². The van der Waals surface area contributed by atoms with E-state index in [2.05, 4.69) is 62.3 Å². The third-order valence-electron chi connectivity index (χ3n) is 34.1. The van der Waals surface area contributed by atoms with Crippen molar-refractivity contribution in [3.63, 3.8) is 0 Å². The first-order valence-electron chi connectivity index (χ1n) is 37.0. The molecule has 16 rings (SSSR count). The highest BCUT2D eigenvalue weighted by Crippen LogP contribution is 2.72. The first kappa shape index (κ1) is 62.3. The average molecular weight is 1180 g/mol. The molecule has 0 unspecified atom stereocenters. The van der Waals surface area contributed by atoms with E-state index in [0.717, 1.165) is 194 Å². The van der Waals surface area contributed by atoms with Gasteiger partial charge in [0.15, 0.2) is 0 Å². The van der Waals surface area contributed by atoms with E-state index in [9.17, 15) is 39.6 Å². The molecule has 0 spiro atoms. The maximum atomic E-state index is 12.4. The van der Waals surface area contributed by atoms with Crippen molar-refractivity contribution in [3.8, 4) is 0 Å². The van der Waals surface area contributed by atoms with E-state index in [0.29, 0.717) is 73.9 Å². The molecule has 0 aromatic heterocycles. The van der Waals surface area contributed by atoms with Gasteiger partial charge in [-0.15, -0.1) is 0 Å². The lowest BCUT2D eigenvalue weighted by molar-refractivity contribution is -0.169. The Balaban J connectivity index is 0.000000105. The quantitative estimate of drug-likeness (QED) is 0.187. The minimum Gasteiger partial charge on any atom is -0.393 e. The van der Waals surface area contributed by atoms with Crippen molar-refractivity contribution in [2.24, 2.45) is 138 Å². The number of hydrogen-bond donors (Lipinski definition) is 4. The molecule has 16 saturated carbocycles. The van der Waals surface area contributed by atoms with Gasteiger partial charge in [-0.1, -0.05) is 62.3 Å². The lowest BCUT2D eigenvalue weighted by Crippen LogP contribution is -2.58. The summed E-state index contributed by atoms with van der Waals surface area (Å²) in [7, 11) is 0. The molecule has 478 valence electrons. The molecular weight excluding hydrogens is 1050 g/mol. The van der Waals surface area contributed by atoms with E-state index in [1.807, 2.05) is 0 Å². The Labute approximate surface area is 515 Å². The number of rotatable bonds is 0. The summed E-state index contributed by atoms with van der Waals surface area (Å²) in [5.41, 5.74) is 2.04. The summed E-state index contributed by atoms with van der Waals surface area (Å²) in [4.78, 5) is 49.6. The summed E-state index contributed by atoms with van der Waals surface area (Å²) in [6, 6.07) is 0. The SMILES string of the molecule is C[C@@]12CC[C@H]3[C@@H]4CCC(=O)[C@@]4(C)CC[C@@H]3[C@@]1(C)CC[C@@H](O)C2.C[C@]12CC[C@@H](O)C[C@H]1CC[C@@H]1[C@@H]2CC[C@]2(C)C(=O)CC[C@@H]12.C[C@]12CC[C@H](O)C[C@@H]1CC[C@@H]1[C@@H]2CC[C@]2(C)C(=O)CC[C@@H]12.C[C@]12CC[C@H](O)C[C@H]1CC[C@@H]1[C@@H]2CC[C@]2(C)C(=O)CC[C@@H]12. The Bertz CT molecular complexity index is 2360. The zero-order chi connectivity index (χ0) is 60.2. The number of fused-ring (bicyclic) bond motifs is 20. The number of Topliss-reactive ketones (excluding diaryl/α,β-unsaturated/α-hetero) is 4. The van der Waals surface area contributed by atoms with Crippen LogP contribution in [0.3, 0.4) is 0 Å². The van der Waals surface area contributed by atoms with E-state index < -0.39 is 0 Å². The number of hydrogen-bond acceptors (Lipinski definition) is 8. The summed E-state index contributed by atoms with van der Waals surface area (Å²) in [5, 5.41) is 40.3. The van der Waals surface area contributed by atoms with Crippen LogP contribution in [-0.2, 0) is 19.2 Å². The third kappa shape index (κ3) is 9.65. The zero-order valence-electron chi connectivity index (χ0n) is 55.3. The lowest BCUT2D eigenvalue weighted by atomic mass is 9.40. The topological polar surface area (TPSA) is 149 Å². The monoisotopic (exact) mass is 1170 g/mol. The van der Waals surface area contributed by atoms with Crippen LogP contribution in [-0.4, -0.2) is 68.0 Å². The molecule has 0 radical (unpaired) electrons. The summed E-state index contributed by atoms with van der Waals surface area (Å²) in [6.45, 7) is 21.6. The highest BCUT2D eigenvalue weighted by atomic mass is 16.3. The van der Waals surface area contributed by atoms with E-state index >= 15 is 0 Å². The summed E-state index contributed by atoms with van der Waals surface area (Å²) >= 11 is 0. The minimum atomic E-state index is -0.0865. The molecule has 16 aliphatic rings.